The van der Waals surface area contributed by atoms with Gasteiger partial charge in [0.05, 0.1) is 12.1 Å². The number of aromatic nitrogens is 2. The van der Waals surface area contributed by atoms with Crippen LogP contribution in [0.2, 0.25) is 0 Å². The van der Waals surface area contributed by atoms with Crippen molar-refractivity contribution in [1.82, 2.24) is 9.97 Å². The van der Waals surface area contributed by atoms with Gasteiger partial charge in [0, 0.05) is 18.5 Å². The van der Waals surface area contributed by atoms with E-state index in [9.17, 15) is 5.11 Å². The minimum absolute atomic E-state index is 0.0833. The maximum atomic E-state index is 10.2. The first-order valence-electron chi connectivity index (χ1n) is 7.92. The second kappa shape index (κ2) is 6.60. The van der Waals surface area contributed by atoms with Gasteiger partial charge in [-0.1, -0.05) is 40.0 Å². The fourth-order valence-corrected chi connectivity index (χ4v) is 2.63. The smallest absolute Gasteiger partial charge is 0.138 e. The average Bonchev–Trinajstić information content (AvgIpc) is 2.63. The molecule has 5 heteroatoms. The zero-order valence-corrected chi connectivity index (χ0v) is 13.6. The van der Waals surface area contributed by atoms with Crippen LogP contribution in [0.3, 0.4) is 0 Å². The summed E-state index contributed by atoms with van der Waals surface area (Å²) in [7, 11) is 1.86. The standard InChI is InChI=1S/C16H28N4O/c1-16(2,3)15-19-13(17-4)10-14(20-15)18-11-8-6-5-7-9-12(11)21/h10-12,21H,5-9H2,1-4H3,(H2,17,18,19,20). The number of hydrogen-bond acceptors (Lipinski definition) is 5. The van der Waals surface area contributed by atoms with Gasteiger partial charge < -0.3 is 15.7 Å². The highest BCUT2D eigenvalue weighted by atomic mass is 16.3. The molecule has 5 nitrogen and oxygen atoms in total. The molecular weight excluding hydrogens is 264 g/mol. The second-order valence-electron chi connectivity index (χ2n) is 6.92. The van der Waals surface area contributed by atoms with Gasteiger partial charge in [-0.3, -0.25) is 0 Å². The summed E-state index contributed by atoms with van der Waals surface area (Å²) in [4.78, 5) is 9.17. The summed E-state index contributed by atoms with van der Waals surface area (Å²) >= 11 is 0. The quantitative estimate of drug-likeness (QED) is 0.747. The first-order valence-corrected chi connectivity index (χ1v) is 7.92. The lowest BCUT2D eigenvalue weighted by Gasteiger charge is -2.24. The van der Waals surface area contributed by atoms with Gasteiger partial charge >= 0.3 is 0 Å². The lowest BCUT2D eigenvalue weighted by molar-refractivity contribution is 0.144. The van der Waals surface area contributed by atoms with Crippen LogP contribution in [0.1, 0.15) is 58.7 Å². The van der Waals surface area contributed by atoms with Crippen molar-refractivity contribution in [3.8, 4) is 0 Å². The molecular formula is C16H28N4O. The summed E-state index contributed by atoms with van der Waals surface area (Å²) < 4.78 is 0. The average molecular weight is 292 g/mol. The molecule has 0 saturated heterocycles. The molecule has 0 radical (unpaired) electrons. The molecule has 0 aliphatic heterocycles. The summed E-state index contributed by atoms with van der Waals surface area (Å²) in [5, 5.41) is 16.7. The normalized spacial score (nSPS) is 23.5. The molecule has 1 aliphatic rings. The van der Waals surface area contributed by atoms with E-state index in [1.165, 1.54) is 6.42 Å². The van der Waals surface area contributed by atoms with Crippen molar-refractivity contribution < 1.29 is 5.11 Å². The van der Waals surface area contributed by atoms with Gasteiger partial charge in [-0.2, -0.15) is 0 Å². The summed E-state index contributed by atoms with van der Waals surface area (Å²) in [6, 6.07) is 1.99. The number of anilines is 2. The lowest BCUT2D eigenvalue weighted by Crippen LogP contribution is -2.33. The Labute approximate surface area is 127 Å². The molecule has 1 aromatic heterocycles. The lowest BCUT2D eigenvalue weighted by atomic mass is 9.95. The third kappa shape index (κ3) is 4.30. The molecule has 2 atom stereocenters. The van der Waals surface area contributed by atoms with E-state index in [1.807, 2.05) is 13.1 Å². The topological polar surface area (TPSA) is 70.1 Å². The minimum Gasteiger partial charge on any atom is -0.391 e. The number of aliphatic hydroxyl groups is 1. The maximum absolute atomic E-state index is 10.2. The predicted molar refractivity (Wildman–Crippen MR) is 86.8 cm³/mol. The monoisotopic (exact) mass is 292 g/mol. The van der Waals surface area contributed by atoms with Crippen molar-refractivity contribution in [2.45, 2.75) is 70.4 Å². The number of nitrogens with one attached hydrogen (secondary N) is 2. The van der Waals surface area contributed by atoms with E-state index in [0.29, 0.717) is 0 Å². The molecule has 3 N–H and O–H groups in total. The van der Waals surface area contributed by atoms with E-state index in [-0.39, 0.29) is 17.6 Å². The Kier molecular flexibility index (Phi) is 5.04. The van der Waals surface area contributed by atoms with Crippen molar-refractivity contribution in [3.63, 3.8) is 0 Å². The van der Waals surface area contributed by atoms with Crippen molar-refractivity contribution >= 4 is 11.6 Å². The summed E-state index contributed by atoms with van der Waals surface area (Å²) in [5.41, 5.74) is -0.106. The molecule has 2 rings (SSSR count). The molecule has 1 heterocycles. The van der Waals surface area contributed by atoms with Crippen LogP contribution in [0.25, 0.3) is 0 Å². The molecule has 1 aromatic rings. The number of rotatable bonds is 3. The summed E-state index contributed by atoms with van der Waals surface area (Å²) in [5.74, 6) is 2.41. The van der Waals surface area contributed by atoms with Crippen molar-refractivity contribution in [3.05, 3.63) is 11.9 Å². The largest absolute Gasteiger partial charge is 0.391 e. The van der Waals surface area contributed by atoms with E-state index in [1.54, 1.807) is 0 Å². The first kappa shape index (κ1) is 16.0. The molecule has 2 unspecified atom stereocenters. The maximum Gasteiger partial charge on any atom is 0.138 e. The Bertz CT molecular complexity index is 470. The molecule has 21 heavy (non-hydrogen) atoms. The van der Waals surface area contributed by atoms with E-state index in [0.717, 1.165) is 43.1 Å². The fraction of sp³-hybridized carbons (Fsp3) is 0.750. The number of hydrogen-bond donors (Lipinski definition) is 3. The molecule has 118 valence electrons. The third-order valence-corrected chi connectivity index (χ3v) is 3.97. The molecule has 0 bridgehead atoms. The summed E-state index contributed by atoms with van der Waals surface area (Å²) in [6.07, 6.45) is 5.04. The molecule has 1 aliphatic carbocycles. The van der Waals surface area contributed by atoms with Gasteiger partial charge in [-0.15, -0.1) is 0 Å². The molecule has 1 saturated carbocycles. The predicted octanol–water partition coefficient (Wildman–Crippen LogP) is 2.92. The SMILES string of the molecule is CNc1cc(NC2CCCCCC2O)nc(C(C)(C)C)n1. The molecule has 0 aromatic carbocycles. The molecule has 0 spiro atoms. The van der Waals surface area contributed by atoms with Crippen LogP contribution >= 0.6 is 0 Å². The number of nitrogens with zero attached hydrogens (tertiary/aromatic N) is 2. The Morgan fingerprint density at radius 3 is 2.43 bits per heavy atom. The Morgan fingerprint density at radius 1 is 1.10 bits per heavy atom. The highest BCUT2D eigenvalue weighted by Crippen LogP contribution is 2.25. The van der Waals surface area contributed by atoms with Gasteiger partial charge in [0.1, 0.15) is 17.5 Å². The van der Waals surface area contributed by atoms with E-state index < -0.39 is 0 Å². The van der Waals surface area contributed by atoms with Crippen LogP contribution in [0.15, 0.2) is 6.07 Å². The van der Waals surface area contributed by atoms with Gasteiger partial charge in [0.15, 0.2) is 0 Å². The third-order valence-electron chi connectivity index (χ3n) is 3.97. The van der Waals surface area contributed by atoms with Crippen LogP contribution in [0.4, 0.5) is 11.6 Å². The van der Waals surface area contributed by atoms with Gasteiger partial charge in [0.2, 0.25) is 0 Å². The van der Waals surface area contributed by atoms with Gasteiger partial charge in [-0.05, 0) is 12.8 Å². The summed E-state index contributed by atoms with van der Waals surface area (Å²) in [6.45, 7) is 6.31. The van der Waals surface area contributed by atoms with Crippen LogP contribution in [-0.4, -0.2) is 34.3 Å². The minimum atomic E-state index is -0.293. The highest BCUT2D eigenvalue weighted by molar-refractivity contribution is 5.48. The molecule has 0 amide bonds. The van der Waals surface area contributed by atoms with E-state index in [2.05, 4.69) is 41.4 Å². The van der Waals surface area contributed by atoms with Crippen LogP contribution < -0.4 is 10.6 Å². The van der Waals surface area contributed by atoms with Crippen LogP contribution in [-0.2, 0) is 5.41 Å². The molecule has 1 fully saturated rings. The zero-order valence-electron chi connectivity index (χ0n) is 13.6. The fourth-order valence-electron chi connectivity index (χ4n) is 2.63. The van der Waals surface area contributed by atoms with Crippen LogP contribution in [0, 0.1) is 0 Å². The second-order valence-corrected chi connectivity index (χ2v) is 6.92. The van der Waals surface area contributed by atoms with Gasteiger partial charge in [-0.25, -0.2) is 9.97 Å². The van der Waals surface area contributed by atoms with Crippen molar-refractivity contribution in [1.29, 1.82) is 0 Å². The number of aliphatic hydroxyl groups excluding tert-OH is 1. The highest BCUT2D eigenvalue weighted by Gasteiger charge is 2.23. The first-order chi connectivity index (χ1) is 9.90. The van der Waals surface area contributed by atoms with Crippen LogP contribution in [0.5, 0.6) is 0 Å². The Balaban J connectivity index is 2.22. The van der Waals surface area contributed by atoms with Gasteiger partial charge in [0.25, 0.3) is 0 Å². The van der Waals surface area contributed by atoms with E-state index >= 15 is 0 Å². The van der Waals surface area contributed by atoms with Crippen molar-refractivity contribution in [2.24, 2.45) is 0 Å². The Hall–Kier alpha value is -1.36. The van der Waals surface area contributed by atoms with E-state index in [4.69, 9.17) is 0 Å². The zero-order chi connectivity index (χ0) is 15.5. The Morgan fingerprint density at radius 2 is 1.76 bits per heavy atom. The van der Waals surface area contributed by atoms with Crippen molar-refractivity contribution in [2.75, 3.05) is 17.7 Å².